The molecule has 0 aliphatic heterocycles. The minimum absolute atomic E-state index is 0.298. The van der Waals surface area contributed by atoms with E-state index in [2.05, 4.69) is 20.7 Å². The van der Waals surface area contributed by atoms with Crippen molar-refractivity contribution in [3.8, 4) is 0 Å². The number of rotatable bonds is 2. The summed E-state index contributed by atoms with van der Waals surface area (Å²) in [7, 11) is 0. The molecule has 0 radical (unpaired) electrons. The van der Waals surface area contributed by atoms with Gasteiger partial charge in [-0.15, -0.1) is 5.10 Å². The van der Waals surface area contributed by atoms with Crippen LogP contribution in [0.1, 0.15) is 6.92 Å². The number of aromatic nitrogens is 3. The average Bonchev–Trinajstić information content (AvgIpc) is 2.59. The predicted molar refractivity (Wildman–Crippen MR) is 55.7 cm³/mol. The molecule has 6 heteroatoms. The van der Waals surface area contributed by atoms with Crippen molar-refractivity contribution in [2.24, 2.45) is 0 Å². The average molecular weight is 205 g/mol. The van der Waals surface area contributed by atoms with Crippen LogP contribution in [-0.4, -0.2) is 27.2 Å². The van der Waals surface area contributed by atoms with Crippen molar-refractivity contribution in [1.82, 2.24) is 19.9 Å². The lowest BCUT2D eigenvalue weighted by molar-refractivity contribution is 0.252. The van der Waals surface area contributed by atoms with Crippen molar-refractivity contribution in [2.45, 2.75) is 6.92 Å². The van der Waals surface area contributed by atoms with Crippen LogP contribution in [-0.2, 0) is 0 Å². The number of nitrogens with one attached hydrogen (secondary N) is 2. The van der Waals surface area contributed by atoms with E-state index in [1.54, 1.807) is 10.7 Å². The zero-order valence-corrected chi connectivity index (χ0v) is 8.27. The van der Waals surface area contributed by atoms with E-state index in [1.807, 2.05) is 25.1 Å². The highest BCUT2D eigenvalue weighted by atomic mass is 16.2. The number of pyridine rings is 1. The van der Waals surface area contributed by atoms with E-state index in [1.165, 1.54) is 0 Å². The van der Waals surface area contributed by atoms with Gasteiger partial charge in [0, 0.05) is 12.7 Å². The van der Waals surface area contributed by atoms with Crippen LogP contribution in [0.25, 0.3) is 5.65 Å². The molecule has 2 rings (SSSR count). The van der Waals surface area contributed by atoms with Gasteiger partial charge in [0.2, 0.25) is 0 Å². The van der Waals surface area contributed by atoms with E-state index in [9.17, 15) is 4.79 Å². The minimum Gasteiger partial charge on any atom is -0.338 e. The molecule has 0 bridgehead atoms. The topological polar surface area (TPSA) is 71.3 Å². The van der Waals surface area contributed by atoms with Crippen molar-refractivity contribution < 1.29 is 4.79 Å². The summed E-state index contributed by atoms with van der Waals surface area (Å²) in [6.07, 6.45) is 1.77. The molecule has 0 atom stereocenters. The molecule has 0 aromatic carbocycles. The third-order valence-corrected chi connectivity index (χ3v) is 1.80. The fourth-order valence-corrected chi connectivity index (χ4v) is 1.19. The Hall–Kier alpha value is -2.11. The number of hydrogen-bond acceptors (Lipinski definition) is 3. The lowest BCUT2D eigenvalue weighted by Gasteiger charge is -1.99. The summed E-state index contributed by atoms with van der Waals surface area (Å²) >= 11 is 0. The van der Waals surface area contributed by atoms with Gasteiger partial charge < -0.3 is 5.32 Å². The first kappa shape index (κ1) is 9.45. The summed E-state index contributed by atoms with van der Waals surface area (Å²) < 4.78 is 1.60. The van der Waals surface area contributed by atoms with Crippen LogP contribution in [0, 0.1) is 0 Å². The molecular formula is C9H11N5O. The molecule has 0 saturated heterocycles. The Bertz CT molecular complexity index is 445. The number of fused-ring (bicyclic) bond motifs is 1. The molecule has 2 aromatic heterocycles. The van der Waals surface area contributed by atoms with E-state index >= 15 is 0 Å². The Morgan fingerprint density at radius 2 is 2.40 bits per heavy atom. The van der Waals surface area contributed by atoms with E-state index in [0.717, 1.165) is 0 Å². The maximum atomic E-state index is 11.2. The summed E-state index contributed by atoms with van der Waals surface area (Å²) in [6.45, 7) is 2.41. The number of urea groups is 1. The summed E-state index contributed by atoms with van der Waals surface area (Å²) in [5.74, 6) is 0.298. The molecule has 15 heavy (non-hydrogen) atoms. The van der Waals surface area contributed by atoms with Crippen LogP contribution in [0.5, 0.6) is 0 Å². The smallest absolute Gasteiger partial charge is 0.321 e. The zero-order valence-electron chi connectivity index (χ0n) is 8.27. The van der Waals surface area contributed by atoms with Crippen molar-refractivity contribution in [3.05, 3.63) is 24.4 Å². The lowest BCUT2D eigenvalue weighted by Crippen LogP contribution is -2.28. The van der Waals surface area contributed by atoms with Crippen LogP contribution in [0.2, 0.25) is 0 Å². The molecule has 0 fully saturated rings. The highest BCUT2D eigenvalue weighted by molar-refractivity contribution is 5.87. The van der Waals surface area contributed by atoms with Gasteiger partial charge in [-0.3, -0.25) is 5.32 Å². The monoisotopic (exact) mass is 205 g/mol. The molecule has 2 N–H and O–H groups in total. The Labute approximate surface area is 86.3 Å². The number of anilines is 1. The number of carbonyl (C=O) groups is 1. The fourth-order valence-electron chi connectivity index (χ4n) is 1.19. The third kappa shape index (κ3) is 2.04. The summed E-state index contributed by atoms with van der Waals surface area (Å²) in [4.78, 5) is 15.3. The van der Waals surface area contributed by atoms with Gasteiger partial charge in [-0.25, -0.2) is 9.31 Å². The van der Waals surface area contributed by atoms with Gasteiger partial charge in [0.1, 0.15) is 0 Å². The highest BCUT2D eigenvalue weighted by Gasteiger charge is 2.05. The zero-order chi connectivity index (χ0) is 10.7. The maximum absolute atomic E-state index is 11.2. The van der Waals surface area contributed by atoms with E-state index in [-0.39, 0.29) is 6.03 Å². The summed E-state index contributed by atoms with van der Waals surface area (Å²) in [5, 5.41) is 9.21. The Balaban J connectivity index is 2.18. The molecule has 78 valence electrons. The summed E-state index contributed by atoms with van der Waals surface area (Å²) in [5.41, 5.74) is 0.698. The molecule has 0 unspecified atom stereocenters. The summed E-state index contributed by atoms with van der Waals surface area (Å²) in [6, 6.07) is 5.22. The van der Waals surface area contributed by atoms with Crippen molar-refractivity contribution >= 4 is 17.6 Å². The normalized spacial score (nSPS) is 10.2. The molecule has 6 nitrogen and oxygen atoms in total. The number of hydrogen-bond donors (Lipinski definition) is 2. The molecular weight excluding hydrogens is 194 g/mol. The van der Waals surface area contributed by atoms with Crippen LogP contribution in [0.3, 0.4) is 0 Å². The Morgan fingerprint density at radius 3 is 3.13 bits per heavy atom. The molecule has 0 saturated carbocycles. The fraction of sp³-hybridized carbons (Fsp3) is 0.222. The molecule has 2 amide bonds. The van der Waals surface area contributed by atoms with E-state index < -0.39 is 0 Å². The minimum atomic E-state index is -0.298. The molecule has 0 aliphatic carbocycles. The first-order valence-corrected chi connectivity index (χ1v) is 4.66. The second-order valence-corrected chi connectivity index (χ2v) is 2.92. The van der Waals surface area contributed by atoms with Crippen molar-refractivity contribution in [2.75, 3.05) is 11.9 Å². The van der Waals surface area contributed by atoms with Crippen LogP contribution in [0.15, 0.2) is 24.4 Å². The van der Waals surface area contributed by atoms with Crippen LogP contribution < -0.4 is 10.6 Å². The lowest BCUT2D eigenvalue weighted by atomic mass is 10.5. The second kappa shape index (κ2) is 3.95. The van der Waals surface area contributed by atoms with E-state index in [0.29, 0.717) is 18.1 Å². The number of amides is 2. The largest absolute Gasteiger partial charge is 0.338 e. The van der Waals surface area contributed by atoms with Gasteiger partial charge in [0.15, 0.2) is 5.65 Å². The van der Waals surface area contributed by atoms with E-state index in [4.69, 9.17) is 0 Å². The molecule has 2 heterocycles. The Kier molecular flexibility index (Phi) is 2.49. The Morgan fingerprint density at radius 1 is 1.53 bits per heavy atom. The van der Waals surface area contributed by atoms with Gasteiger partial charge in [0.25, 0.3) is 5.95 Å². The molecule has 0 spiro atoms. The van der Waals surface area contributed by atoms with Gasteiger partial charge in [0.05, 0.1) is 0 Å². The standard InChI is InChI=1S/C9H11N5O/c1-2-10-9(15)12-8-11-7-5-3-4-6-14(7)13-8/h3-6H,2H2,1H3,(H2,10,12,13,15). The number of nitrogens with zero attached hydrogens (tertiary/aromatic N) is 3. The SMILES string of the molecule is CCNC(=O)Nc1nc2ccccn2n1. The highest BCUT2D eigenvalue weighted by Crippen LogP contribution is 2.03. The molecule has 0 aliphatic rings. The van der Waals surface area contributed by atoms with Gasteiger partial charge in [-0.2, -0.15) is 4.98 Å². The maximum Gasteiger partial charge on any atom is 0.321 e. The quantitative estimate of drug-likeness (QED) is 0.764. The number of carbonyl (C=O) groups excluding carboxylic acids is 1. The second-order valence-electron chi connectivity index (χ2n) is 2.92. The van der Waals surface area contributed by atoms with Crippen LogP contribution >= 0.6 is 0 Å². The van der Waals surface area contributed by atoms with Crippen molar-refractivity contribution in [3.63, 3.8) is 0 Å². The van der Waals surface area contributed by atoms with Crippen LogP contribution in [0.4, 0.5) is 10.7 Å². The third-order valence-electron chi connectivity index (χ3n) is 1.80. The first-order valence-electron chi connectivity index (χ1n) is 4.66. The first-order chi connectivity index (χ1) is 7.29. The van der Waals surface area contributed by atoms with Gasteiger partial charge in [-0.05, 0) is 19.1 Å². The molecule has 2 aromatic rings. The predicted octanol–water partition coefficient (Wildman–Crippen LogP) is 0.871. The van der Waals surface area contributed by atoms with Gasteiger partial charge in [-0.1, -0.05) is 6.07 Å². The van der Waals surface area contributed by atoms with Crippen molar-refractivity contribution in [1.29, 1.82) is 0 Å². The van der Waals surface area contributed by atoms with Gasteiger partial charge >= 0.3 is 6.03 Å².